The molecule has 0 spiro atoms. The number of hydrogen-bond donors (Lipinski definition) is 2. The molecule has 0 radical (unpaired) electrons. The van der Waals surface area contributed by atoms with Crippen molar-refractivity contribution in [1.82, 2.24) is 14.8 Å². The fraction of sp³-hybridized carbons (Fsp3) is 0.300. The van der Waals surface area contributed by atoms with Crippen molar-refractivity contribution in [2.24, 2.45) is 7.05 Å². The van der Waals surface area contributed by atoms with Crippen LogP contribution >= 0.6 is 0 Å². The van der Waals surface area contributed by atoms with Gasteiger partial charge in [0.25, 0.3) is 11.8 Å². The van der Waals surface area contributed by atoms with Gasteiger partial charge in [0.15, 0.2) is 12.3 Å². The fourth-order valence-electron chi connectivity index (χ4n) is 3.30. The number of carbonyl (C=O) groups excluding carboxylic acids is 2. The maximum Gasteiger partial charge on any atom is 0.262 e. The number of amides is 2. The van der Waals surface area contributed by atoms with Crippen LogP contribution in [-0.2, 0) is 11.8 Å². The lowest BCUT2D eigenvalue weighted by molar-refractivity contribution is -0.118. The van der Waals surface area contributed by atoms with Crippen molar-refractivity contribution in [2.45, 2.75) is 26.7 Å². The van der Waals surface area contributed by atoms with Crippen LogP contribution in [0.1, 0.15) is 41.5 Å². The molecule has 28 heavy (non-hydrogen) atoms. The smallest absolute Gasteiger partial charge is 0.262 e. The summed E-state index contributed by atoms with van der Waals surface area (Å²) in [4.78, 5) is 29.3. The second-order valence-electron chi connectivity index (χ2n) is 7.16. The Hall–Kier alpha value is -3.42. The molecule has 0 fully saturated rings. The minimum Gasteiger partial charge on any atom is -0.482 e. The van der Waals surface area contributed by atoms with Gasteiger partial charge >= 0.3 is 0 Å². The number of pyridine rings is 1. The molecule has 2 amide bonds. The summed E-state index contributed by atoms with van der Waals surface area (Å²) in [6.45, 7) is 5.92. The summed E-state index contributed by atoms with van der Waals surface area (Å²) in [5.74, 6) is 0.268. The van der Waals surface area contributed by atoms with E-state index >= 15 is 0 Å². The number of nitrogens with one attached hydrogen (secondary N) is 2. The summed E-state index contributed by atoms with van der Waals surface area (Å²) >= 11 is 0. The molecule has 3 aromatic rings. The zero-order chi connectivity index (χ0) is 20.0. The molecular weight excluding hydrogens is 358 g/mol. The third kappa shape index (κ3) is 3.06. The van der Waals surface area contributed by atoms with Gasteiger partial charge in [0.2, 0.25) is 0 Å². The number of hydrogen-bond acceptors (Lipinski definition) is 5. The molecule has 2 aromatic heterocycles. The predicted octanol–water partition coefficient (Wildman–Crippen LogP) is 2.98. The average Bonchev–Trinajstić information content (AvgIpc) is 2.94. The normalized spacial score (nSPS) is 13.2. The lowest BCUT2D eigenvalue weighted by Crippen LogP contribution is -2.25. The topological polar surface area (TPSA) is 98.1 Å². The molecule has 0 aliphatic carbocycles. The quantitative estimate of drug-likeness (QED) is 0.729. The molecule has 0 saturated carbocycles. The number of ether oxygens (including phenoxy) is 1. The van der Waals surface area contributed by atoms with Crippen molar-refractivity contribution in [3.05, 3.63) is 41.2 Å². The van der Waals surface area contributed by atoms with Gasteiger partial charge in [-0.05, 0) is 37.1 Å². The van der Waals surface area contributed by atoms with Crippen LogP contribution in [0, 0.1) is 6.92 Å². The van der Waals surface area contributed by atoms with Gasteiger partial charge in [0.05, 0.1) is 22.3 Å². The molecule has 2 N–H and O–H groups in total. The van der Waals surface area contributed by atoms with E-state index in [1.165, 1.54) is 0 Å². The van der Waals surface area contributed by atoms with Gasteiger partial charge in [-0.2, -0.15) is 5.10 Å². The van der Waals surface area contributed by atoms with Gasteiger partial charge in [-0.25, -0.2) is 4.98 Å². The first-order valence-electron chi connectivity index (χ1n) is 9.06. The monoisotopic (exact) mass is 379 g/mol. The number of benzene rings is 1. The fourth-order valence-corrected chi connectivity index (χ4v) is 3.30. The third-order valence-electron chi connectivity index (χ3n) is 4.69. The van der Waals surface area contributed by atoms with Crippen LogP contribution in [0.3, 0.4) is 0 Å². The van der Waals surface area contributed by atoms with Crippen molar-refractivity contribution in [2.75, 3.05) is 17.2 Å². The molecule has 0 atom stereocenters. The largest absolute Gasteiger partial charge is 0.482 e. The Balaban J connectivity index is 1.73. The summed E-state index contributed by atoms with van der Waals surface area (Å²) in [7, 11) is 1.82. The van der Waals surface area contributed by atoms with Gasteiger partial charge < -0.3 is 15.4 Å². The van der Waals surface area contributed by atoms with E-state index < -0.39 is 0 Å². The highest BCUT2D eigenvalue weighted by Gasteiger charge is 2.21. The number of anilines is 2. The van der Waals surface area contributed by atoms with Crippen LogP contribution < -0.4 is 15.4 Å². The number of nitrogens with zero attached hydrogens (tertiary/aromatic N) is 3. The molecule has 144 valence electrons. The summed E-state index contributed by atoms with van der Waals surface area (Å²) in [5, 5.41) is 10.8. The van der Waals surface area contributed by atoms with Crippen LogP contribution in [0.25, 0.3) is 11.0 Å². The maximum absolute atomic E-state index is 13.1. The van der Waals surface area contributed by atoms with Crippen LogP contribution in [0.15, 0.2) is 24.3 Å². The van der Waals surface area contributed by atoms with Crippen molar-refractivity contribution in [1.29, 1.82) is 0 Å². The Bertz CT molecular complexity index is 1120. The Morgan fingerprint density at radius 3 is 2.86 bits per heavy atom. The lowest BCUT2D eigenvalue weighted by Gasteiger charge is -2.18. The highest BCUT2D eigenvalue weighted by molar-refractivity contribution is 6.13. The molecule has 8 nitrogen and oxygen atoms in total. The average molecular weight is 379 g/mol. The van der Waals surface area contributed by atoms with E-state index in [9.17, 15) is 9.59 Å². The summed E-state index contributed by atoms with van der Waals surface area (Å²) in [5.41, 5.74) is 3.88. The second-order valence-corrected chi connectivity index (χ2v) is 7.16. The molecule has 1 aromatic carbocycles. The van der Waals surface area contributed by atoms with Gasteiger partial charge in [-0.15, -0.1) is 0 Å². The number of rotatable bonds is 3. The molecule has 1 aliphatic rings. The number of aryl methyl sites for hydroxylation is 2. The molecular formula is C20H21N5O3. The standard InChI is InChI=1S/C20H21N5O3/c1-10(2)14-8-13(18-11(3)24-25(4)19(18)23-14)20(27)21-12-5-6-16-15(7-12)22-17(26)9-28-16/h5-8,10H,9H2,1-4H3,(H,21,27)(H,22,26). The van der Waals surface area contributed by atoms with Gasteiger partial charge in [0, 0.05) is 18.4 Å². The van der Waals surface area contributed by atoms with E-state index in [2.05, 4.69) is 20.7 Å². The number of aromatic nitrogens is 3. The minimum atomic E-state index is -0.256. The van der Waals surface area contributed by atoms with Gasteiger partial charge in [-0.3, -0.25) is 14.3 Å². The molecule has 8 heteroatoms. The van der Waals surface area contributed by atoms with E-state index in [4.69, 9.17) is 4.74 Å². The first kappa shape index (κ1) is 18.0. The van der Waals surface area contributed by atoms with E-state index in [1.807, 2.05) is 33.9 Å². The highest BCUT2D eigenvalue weighted by atomic mass is 16.5. The Morgan fingerprint density at radius 2 is 2.11 bits per heavy atom. The molecule has 3 heterocycles. The van der Waals surface area contributed by atoms with E-state index in [0.717, 1.165) is 16.8 Å². The van der Waals surface area contributed by atoms with Crippen molar-refractivity contribution in [3.8, 4) is 5.75 Å². The van der Waals surface area contributed by atoms with E-state index in [1.54, 1.807) is 22.9 Å². The molecule has 1 aliphatic heterocycles. The maximum atomic E-state index is 13.1. The summed E-state index contributed by atoms with van der Waals surface area (Å²) in [6, 6.07) is 6.97. The van der Waals surface area contributed by atoms with Gasteiger partial charge in [-0.1, -0.05) is 13.8 Å². The Labute approximate surface area is 161 Å². The zero-order valence-electron chi connectivity index (χ0n) is 16.2. The highest BCUT2D eigenvalue weighted by Crippen LogP contribution is 2.31. The zero-order valence-corrected chi connectivity index (χ0v) is 16.2. The van der Waals surface area contributed by atoms with Crippen molar-refractivity contribution in [3.63, 3.8) is 0 Å². The van der Waals surface area contributed by atoms with Crippen LogP contribution in [0.5, 0.6) is 5.75 Å². The van der Waals surface area contributed by atoms with Crippen molar-refractivity contribution >= 4 is 34.2 Å². The van der Waals surface area contributed by atoms with Gasteiger partial charge in [0.1, 0.15) is 5.75 Å². The van der Waals surface area contributed by atoms with E-state index in [0.29, 0.717) is 28.3 Å². The van der Waals surface area contributed by atoms with E-state index in [-0.39, 0.29) is 24.3 Å². The predicted molar refractivity (Wildman–Crippen MR) is 106 cm³/mol. The molecule has 0 unspecified atom stereocenters. The first-order chi connectivity index (χ1) is 13.3. The Morgan fingerprint density at radius 1 is 1.32 bits per heavy atom. The molecule has 0 bridgehead atoms. The summed E-state index contributed by atoms with van der Waals surface area (Å²) in [6.07, 6.45) is 0. The van der Waals surface area contributed by atoms with Crippen LogP contribution in [0.2, 0.25) is 0 Å². The lowest BCUT2D eigenvalue weighted by atomic mass is 10.0. The SMILES string of the molecule is Cc1nn(C)c2nc(C(C)C)cc(C(=O)Nc3ccc4c(c3)NC(=O)CO4)c12. The second kappa shape index (κ2) is 6.63. The number of fused-ring (bicyclic) bond motifs is 2. The third-order valence-corrected chi connectivity index (χ3v) is 4.69. The van der Waals surface area contributed by atoms with Crippen molar-refractivity contribution < 1.29 is 14.3 Å². The number of carbonyl (C=O) groups is 2. The first-order valence-corrected chi connectivity index (χ1v) is 9.06. The molecule has 4 rings (SSSR count). The Kier molecular flexibility index (Phi) is 4.26. The molecule has 0 saturated heterocycles. The van der Waals surface area contributed by atoms with Crippen LogP contribution in [-0.4, -0.2) is 33.2 Å². The summed E-state index contributed by atoms with van der Waals surface area (Å²) < 4.78 is 7.05. The minimum absolute atomic E-state index is 0.00797. The van der Waals surface area contributed by atoms with Crippen LogP contribution in [0.4, 0.5) is 11.4 Å².